The summed E-state index contributed by atoms with van der Waals surface area (Å²) in [6, 6.07) is 2.44. The van der Waals surface area contributed by atoms with E-state index < -0.39 is 0 Å². The van der Waals surface area contributed by atoms with E-state index in [1.165, 1.54) is 19.4 Å². The molecule has 0 radical (unpaired) electrons. The number of nitrogens with zero attached hydrogens (tertiary/aromatic N) is 2. The number of likely N-dealkylation sites (tertiary alicyclic amines) is 1. The topological polar surface area (TPSA) is 75.2 Å². The van der Waals surface area contributed by atoms with Crippen LogP contribution >= 0.6 is 0 Å². The number of amidine groups is 1. The zero-order chi connectivity index (χ0) is 13.8. The highest BCUT2D eigenvalue weighted by molar-refractivity contribution is 5.98. The molecule has 5 nitrogen and oxygen atoms in total. The van der Waals surface area contributed by atoms with Crippen LogP contribution in [0.3, 0.4) is 0 Å². The first-order valence-electron chi connectivity index (χ1n) is 6.72. The predicted molar refractivity (Wildman–Crippen MR) is 75.8 cm³/mol. The molecule has 1 aliphatic rings. The van der Waals surface area contributed by atoms with Gasteiger partial charge in [-0.05, 0) is 51.4 Å². The maximum atomic E-state index is 7.60. The molecule has 3 N–H and O–H groups in total. The summed E-state index contributed by atoms with van der Waals surface area (Å²) in [6.07, 6.45) is 5.19. The summed E-state index contributed by atoms with van der Waals surface area (Å²) in [7, 11) is 2.16. The first-order valence-corrected chi connectivity index (χ1v) is 6.72. The van der Waals surface area contributed by atoms with Gasteiger partial charge in [-0.25, -0.2) is 4.98 Å². The van der Waals surface area contributed by atoms with Crippen LogP contribution in [-0.2, 0) is 0 Å². The van der Waals surface area contributed by atoms with E-state index in [4.69, 9.17) is 15.9 Å². The Kier molecular flexibility index (Phi) is 4.37. The average Bonchev–Trinajstić information content (AvgIpc) is 2.75. The van der Waals surface area contributed by atoms with E-state index in [9.17, 15) is 0 Å². The molecule has 2 heterocycles. The SMILES string of the molecule is Cc1ccnc(OCCC2CCCN2C)c1C(=N)N. The van der Waals surface area contributed by atoms with E-state index in [0.717, 1.165) is 12.0 Å². The van der Waals surface area contributed by atoms with Crippen molar-refractivity contribution in [2.24, 2.45) is 5.73 Å². The second-order valence-corrected chi connectivity index (χ2v) is 5.14. The summed E-state index contributed by atoms with van der Waals surface area (Å²) in [5.41, 5.74) is 7.13. The van der Waals surface area contributed by atoms with Gasteiger partial charge in [0.1, 0.15) is 5.84 Å². The fourth-order valence-corrected chi connectivity index (χ4v) is 2.61. The normalized spacial score (nSPS) is 19.6. The van der Waals surface area contributed by atoms with Gasteiger partial charge < -0.3 is 15.4 Å². The second kappa shape index (κ2) is 6.02. The van der Waals surface area contributed by atoms with Crippen LogP contribution in [0.4, 0.5) is 0 Å². The summed E-state index contributed by atoms with van der Waals surface area (Å²) in [6.45, 7) is 3.70. The van der Waals surface area contributed by atoms with Crippen molar-refractivity contribution in [3.63, 3.8) is 0 Å². The number of hydrogen-bond donors (Lipinski definition) is 2. The van der Waals surface area contributed by atoms with Gasteiger partial charge in [-0.15, -0.1) is 0 Å². The molecule has 2 rings (SSSR count). The molecule has 0 aliphatic carbocycles. The molecule has 104 valence electrons. The van der Waals surface area contributed by atoms with Gasteiger partial charge in [-0.1, -0.05) is 0 Å². The predicted octanol–water partition coefficient (Wildman–Crippen LogP) is 1.54. The molecule has 0 aromatic carbocycles. The van der Waals surface area contributed by atoms with E-state index in [1.54, 1.807) is 6.20 Å². The largest absolute Gasteiger partial charge is 0.477 e. The summed E-state index contributed by atoms with van der Waals surface area (Å²) in [4.78, 5) is 6.56. The maximum Gasteiger partial charge on any atom is 0.224 e. The number of nitrogen functional groups attached to an aromatic ring is 1. The highest BCUT2D eigenvalue weighted by Gasteiger charge is 2.20. The highest BCUT2D eigenvalue weighted by atomic mass is 16.5. The van der Waals surface area contributed by atoms with E-state index in [1.807, 2.05) is 13.0 Å². The van der Waals surface area contributed by atoms with Gasteiger partial charge in [0.15, 0.2) is 0 Å². The lowest BCUT2D eigenvalue weighted by Gasteiger charge is -2.19. The molecule has 19 heavy (non-hydrogen) atoms. The van der Waals surface area contributed by atoms with Gasteiger partial charge in [0.25, 0.3) is 0 Å². The second-order valence-electron chi connectivity index (χ2n) is 5.14. The lowest BCUT2D eigenvalue weighted by atomic mass is 10.1. The van der Waals surface area contributed by atoms with Crippen molar-refractivity contribution >= 4 is 5.84 Å². The molecule has 1 saturated heterocycles. The van der Waals surface area contributed by atoms with Gasteiger partial charge in [0.2, 0.25) is 5.88 Å². The van der Waals surface area contributed by atoms with Gasteiger partial charge in [-0.3, -0.25) is 5.41 Å². The Hall–Kier alpha value is -1.62. The molecule has 1 atom stereocenters. The Labute approximate surface area is 114 Å². The zero-order valence-electron chi connectivity index (χ0n) is 11.6. The van der Waals surface area contributed by atoms with Crippen LogP contribution in [0.15, 0.2) is 12.3 Å². The molecule has 0 spiro atoms. The fourth-order valence-electron chi connectivity index (χ4n) is 2.61. The molecule has 1 fully saturated rings. The van der Waals surface area contributed by atoms with Gasteiger partial charge in [0, 0.05) is 12.2 Å². The van der Waals surface area contributed by atoms with E-state index in [-0.39, 0.29) is 5.84 Å². The molecule has 1 unspecified atom stereocenters. The van der Waals surface area contributed by atoms with Gasteiger partial charge >= 0.3 is 0 Å². The van der Waals surface area contributed by atoms with Crippen molar-refractivity contribution in [3.8, 4) is 5.88 Å². The number of nitrogens with one attached hydrogen (secondary N) is 1. The molecule has 1 aromatic heterocycles. The van der Waals surface area contributed by atoms with Crippen molar-refractivity contribution in [3.05, 3.63) is 23.4 Å². The quantitative estimate of drug-likeness (QED) is 0.623. The molecule has 0 bridgehead atoms. The van der Waals surface area contributed by atoms with Crippen molar-refractivity contribution in [1.82, 2.24) is 9.88 Å². The number of pyridine rings is 1. The first kappa shape index (κ1) is 13.8. The van der Waals surface area contributed by atoms with Crippen molar-refractivity contribution in [2.45, 2.75) is 32.2 Å². The molecule has 5 heteroatoms. The Morgan fingerprint density at radius 2 is 2.42 bits per heavy atom. The third-order valence-electron chi connectivity index (χ3n) is 3.76. The minimum Gasteiger partial charge on any atom is -0.477 e. The molecule has 1 aliphatic heterocycles. The summed E-state index contributed by atoms with van der Waals surface area (Å²) >= 11 is 0. The van der Waals surface area contributed by atoms with Crippen LogP contribution < -0.4 is 10.5 Å². The van der Waals surface area contributed by atoms with Crippen molar-refractivity contribution in [1.29, 1.82) is 5.41 Å². The van der Waals surface area contributed by atoms with Crippen LogP contribution in [0.25, 0.3) is 0 Å². The van der Waals surface area contributed by atoms with Crippen LogP contribution in [0.2, 0.25) is 0 Å². The highest BCUT2D eigenvalue weighted by Crippen LogP contribution is 2.21. The number of rotatable bonds is 5. The maximum absolute atomic E-state index is 7.60. The lowest BCUT2D eigenvalue weighted by molar-refractivity contribution is 0.228. The smallest absolute Gasteiger partial charge is 0.224 e. The number of hydrogen-bond acceptors (Lipinski definition) is 4. The average molecular weight is 262 g/mol. The molecule has 1 aromatic rings. The standard InChI is InChI=1S/C14H22N4O/c1-10-5-7-17-14(12(10)13(15)16)19-9-6-11-4-3-8-18(11)2/h5,7,11H,3-4,6,8-9H2,1-2H3,(H3,15,16). The monoisotopic (exact) mass is 262 g/mol. The van der Waals surface area contributed by atoms with E-state index in [2.05, 4.69) is 16.9 Å². The first-order chi connectivity index (χ1) is 9.09. The summed E-state index contributed by atoms with van der Waals surface area (Å²) < 4.78 is 5.73. The fraction of sp³-hybridized carbons (Fsp3) is 0.571. The van der Waals surface area contributed by atoms with E-state index >= 15 is 0 Å². The Morgan fingerprint density at radius 3 is 3.05 bits per heavy atom. The zero-order valence-corrected chi connectivity index (χ0v) is 11.6. The van der Waals surface area contributed by atoms with Crippen molar-refractivity contribution in [2.75, 3.05) is 20.2 Å². The van der Waals surface area contributed by atoms with Crippen LogP contribution in [0.5, 0.6) is 5.88 Å². The van der Waals surface area contributed by atoms with Crippen LogP contribution in [0.1, 0.15) is 30.4 Å². The number of nitrogens with two attached hydrogens (primary N) is 1. The minimum atomic E-state index is 0.0126. The molecule has 0 amide bonds. The minimum absolute atomic E-state index is 0.0126. The van der Waals surface area contributed by atoms with Crippen LogP contribution in [0, 0.1) is 12.3 Å². The lowest BCUT2D eigenvalue weighted by Crippen LogP contribution is -2.27. The third kappa shape index (κ3) is 3.23. The Balaban J connectivity index is 1.96. The summed E-state index contributed by atoms with van der Waals surface area (Å²) in [5.74, 6) is 0.492. The number of ether oxygens (including phenoxy) is 1. The van der Waals surface area contributed by atoms with Gasteiger partial charge in [-0.2, -0.15) is 0 Å². The van der Waals surface area contributed by atoms with Crippen LogP contribution in [-0.4, -0.2) is 42.0 Å². The van der Waals surface area contributed by atoms with Crippen molar-refractivity contribution < 1.29 is 4.74 Å². The van der Waals surface area contributed by atoms with Gasteiger partial charge in [0.05, 0.1) is 12.2 Å². The molecular weight excluding hydrogens is 240 g/mol. The number of aryl methyl sites for hydroxylation is 1. The summed E-state index contributed by atoms with van der Waals surface area (Å²) in [5, 5.41) is 7.60. The Bertz CT molecular complexity index is 461. The third-order valence-corrected chi connectivity index (χ3v) is 3.76. The number of aromatic nitrogens is 1. The Morgan fingerprint density at radius 1 is 1.63 bits per heavy atom. The molecular formula is C14H22N4O. The van der Waals surface area contributed by atoms with E-state index in [0.29, 0.717) is 24.1 Å². The molecule has 0 saturated carbocycles.